The van der Waals surface area contributed by atoms with Crippen molar-refractivity contribution in [3.05, 3.63) is 0 Å². The van der Waals surface area contributed by atoms with Gasteiger partial charge in [-0.1, -0.05) is 72.1 Å². The quantitative estimate of drug-likeness (QED) is 0.389. The van der Waals surface area contributed by atoms with Gasteiger partial charge in [-0.2, -0.15) is 11.8 Å². The van der Waals surface area contributed by atoms with Crippen molar-refractivity contribution in [3.63, 3.8) is 0 Å². The Kier molecular flexibility index (Phi) is 7.79. The highest BCUT2D eigenvalue weighted by atomic mass is 32.2. The van der Waals surface area contributed by atoms with Gasteiger partial charge in [0.05, 0.1) is 0 Å². The first-order valence-electron chi connectivity index (χ1n) is 13.4. The van der Waals surface area contributed by atoms with E-state index in [-0.39, 0.29) is 0 Å². The van der Waals surface area contributed by atoms with Crippen molar-refractivity contribution in [1.29, 1.82) is 0 Å². The molecule has 4 fully saturated rings. The van der Waals surface area contributed by atoms with Crippen LogP contribution in [0.3, 0.4) is 0 Å². The molecule has 0 N–H and O–H groups in total. The molecule has 1 heteroatoms. The molecular weight excluding hydrogens is 356 g/mol. The molecule has 162 valence electrons. The first-order valence-corrected chi connectivity index (χ1v) is 14.3. The Morgan fingerprint density at radius 3 is 2.07 bits per heavy atom. The number of thioether (sulfide) groups is 1. The van der Waals surface area contributed by atoms with E-state index in [1.54, 1.807) is 44.9 Å². The van der Waals surface area contributed by atoms with Crippen LogP contribution in [-0.4, -0.2) is 10.5 Å². The lowest BCUT2D eigenvalue weighted by Gasteiger charge is -2.34. The average molecular weight is 405 g/mol. The van der Waals surface area contributed by atoms with E-state index in [1.165, 1.54) is 51.4 Å². The van der Waals surface area contributed by atoms with Gasteiger partial charge in [-0.25, -0.2) is 0 Å². The summed E-state index contributed by atoms with van der Waals surface area (Å²) < 4.78 is 0. The van der Waals surface area contributed by atoms with E-state index in [2.05, 4.69) is 32.5 Å². The smallest absolute Gasteiger partial charge is 0.00836 e. The lowest BCUT2D eigenvalue weighted by Crippen LogP contribution is -2.27. The Hall–Kier alpha value is 0.350. The van der Waals surface area contributed by atoms with Crippen LogP contribution >= 0.6 is 11.8 Å². The van der Waals surface area contributed by atoms with E-state index in [9.17, 15) is 0 Å². The molecule has 0 nitrogen and oxygen atoms in total. The standard InChI is InChI=1S/C27H48S/c1-4-6-11-20(5-2)17-21-18-27(25-15-10-8-13-23(21)25)28-26-16-19(3)22-12-7-9-14-24(22)26/h19-27H,4-18H2,1-3H3. The molecule has 4 aliphatic rings. The third kappa shape index (κ3) is 4.65. The lowest BCUT2D eigenvalue weighted by atomic mass is 9.75. The van der Waals surface area contributed by atoms with Crippen molar-refractivity contribution in [2.45, 2.75) is 128 Å². The average Bonchev–Trinajstić information content (AvgIpc) is 3.23. The molecule has 0 radical (unpaired) electrons. The molecule has 4 aliphatic carbocycles. The summed E-state index contributed by atoms with van der Waals surface area (Å²) in [5.74, 6) is 7.47. The van der Waals surface area contributed by atoms with Crippen LogP contribution in [0.2, 0.25) is 0 Å². The molecule has 0 aromatic carbocycles. The number of rotatable bonds is 8. The Morgan fingerprint density at radius 2 is 1.39 bits per heavy atom. The van der Waals surface area contributed by atoms with Crippen LogP contribution in [0, 0.1) is 41.4 Å². The topological polar surface area (TPSA) is 0 Å². The van der Waals surface area contributed by atoms with E-state index in [1.807, 2.05) is 0 Å². The van der Waals surface area contributed by atoms with Crippen molar-refractivity contribution in [2.24, 2.45) is 41.4 Å². The first kappa shape index (κ1) is 21.6. The molecule has 0 bridgehead atoms. The van der Waals surface area contributed by atoms with Crippen LogP contribution in [0.1, 0.15) is 117 Å². The molecule has 0 amide bonds. The van der Waals surface area contributed by atoms with Gasteiger partial charge in [-0.15, -0.1) is 0 Å². The highest BCUT2D eigenvalue weighted by molar-refractivity contribution is 8.00. The van der Waals surface area contributed by atoms with E-state index < -0.39 is 0 Å². The molecule has 0 aromatic rings. The maximum Gasteiger partial charge on any atom is 0.00836 e. The van der Waals surface area contributed by atoms with Crippen LogP contribution in [0.4, 0.5) is 0 Å². The van der Waals surface area contributed by atoms with Gasteiger partial charge in [-0.05, 0) is 86.4 Å². The molecule has 9 unspecified atom stereocenters. The molecule has 0 aliphatic heterocycles. The maximum atomic E-state index is 2.59. The first-order chi connectivity index (χ1) is 13.7. The Morgan fingerprint density at radius 1 is 0.786 bits per heavy atom. The SMILES string of the molecule is CCCCC(CC)CC1CC(SC2CC(C)C3CCCCC23)C2CCCCC12. The molecule has 4 rings (SSSR count). The molecule has 4 saturated carbocycles. The summed E-state index contributed by atoms with van der Waals surface area (Å²) in [7, 11) is 0. The summed E-state index contributed by atoms with van der Waals surface area (Å²) in [5.41, 5.74) is 0. The fraction of sp³-hybridized carbons (Fsp3) is 1.00. The second-order valence-electron chi connectivity index (χ2n) is 11.3. The van der Waals surface area contributed by atoms with Crippen LogP contribution in [0.5, 0.6) is 0 Å². The molecule has 0 aromatic heterocycles. The Balaban J connectivity index is 1.39. The molecular formula is C27H48S. The monoisotopic (exact) mass is 404 g/mol. The maximum absolute atomic E-state index is 2.59. The summed E-state index contributed by atoms with van der Waals surface area (Å²) in [4.78, 5) is 0. The van der Waals surface area contributed by atoms with Crippen LogP contribution in [0.25, 0.3) is 0 Å². The predicted molar refractivity (Wildman–Crippen MR) is 126 cm³/mol. The minimum Gasteiger partial charge on any atom is -0.155 e. The molecule has 0 heterocycles. The molecule has 0 saturated heterocycles. The Bertz CT molecular complexity index is 473. The van der Waals surface area contributed by atoms with Crippen molar-refractivity contribution < 1.29 is 0 Å². The molecule has 0 spiro atoms. The van der Waals surface area contributed by atoms with Crippen molar-refractivity contribution in [2.75, 3.05) is 0 Å². The second-order valence-corrected chi connectivity index (χ2v) is 12.8. The van der Waals surface area contributed by atoms with Crippen LogP contribution in [-0.2, 0) is 0 Å². The van der Waals surface area contributed by atoms with Crippen LogP contribution in [0.15, 0.2) is 0 Å². The highest BCUT2D eigenvalue weighted by Gasteiger charge is 2.48. The van der Waals surface area contributed by atoms with E-state index in [0.29, 0.717) is 0 Å². The lowest BCUT2D eigenvalue weighted by molar-refractivity contribution is 0.199. The number of hydrogen-bond donors (Lipinski definition) is 0. The molecule has 9 atom stereocenters. The van der Waals surface area contributed by atoms with Gasteiger partial charge in [0.2, 0.25) is 0 Å². The zero-order chi connectivity index (χ0) is 19.5. The van der Waals surface area contributed by atoms with Gasteiger partial charge in [0.15, 0.2) is 0 Å². The van der Waals surface area contributed by atoms with E-state index in [4.69, 9.17) is 0 Å². The summed E-state index contributed by atoms with van der Waals surface area (Å²) in [6, 6.07) is 0. The van der Waals surface area contributed by atoms with Crippen molar-refractivity contribution in [3.8, 4) is 0 Å². The summed E-state index contributed by atoms with van der Waals surface area (Å²) in [6.45, 7) is 7.42. The van der Waals surface area contributed by atoms with Crippen molar-refractivity contribution >= 4 is 11.8 Å². The van der Waals surface area contributed by atoms with Gasteiger partial charge in [0.25, 0.3) is 0 Å². The van der Waals surface area contributed by atoms with E-state index in [0.717, 1.165) is 51.9 Å². The van der Waals surface area contributed by atoms with Gasteiger partial charge in [0, 0.05) is 10.5 Å². The van der Waals surface area contributed by atoms with Crippen molar-refractivity contribution in [1.82, 2.24) is 0 Å². The summed E-state index contributed by atoms with van der Waals surface area (Å²) >= 11 is 2.55. The van der Waals surface area contributed by atoms with E-state index >= 15 is 0 Å². The zero-order valence-corrected chi connectivity index (χ0v) is 20.0. The van der Waals surface area contributed by atoms with Crippen LogP contribution < -0.4 is 0 Å². The zero-order valence-electron chi connectivity index (χ0n) is 19.2. The predicted octanol–water partition coefficient (Wildman–Crippen LogP) is 8.74. The normalized spacial score (nSPS) is 44.2. The molecule has 28 heavy (non-hydrogen) atoms. The minimum absolute atomic E-state index is 1.01. The number of hydrogen-bond acceptors (Lipinski definition) is 1. The summed E-state index contributed by atoms with van der Waals surface area (Å²) in [5, 5.41) is 2.05. The minimum atomic E-state index is 1.01. The highest BCUT2D eigenvalue weighted by Crippen LogP contribution is 2.57. The van der Waals surface area contributed by atoms with Gasteiger partial charge >= 0.3 is 0 Å². The summed E-state index contributed by atoms with van der Waals surface area (Å²) in [6.07, 6.45) is 22.9. The number of unbranched alkanes of at least 4 members (excludes halogenated alkanes) is 1. The van der Waals surface area contributed by atoms with Gasteiger partial charge in [-0.3, -0.25) is 0 Å². The fourth-order valence-corrected chi connectivity index (χ4v) is 10.5. The number of fused-ring (bicyclic) bond motifs is 2. The Labute approximate surface area is 180 Å². The largest absolute Gasteiger partial charge is 0.155 e. The van der Waals surface area contributed by atoms with Gasteiger partial charge in [0.1, 0.15) is 0 Å². The fourth-order valence-electron chi connectivity index (χ4n) is 8.17. The third-order valence-corrected chi connectivity index (χ3v) is 11.5. The van der Waals surface area contributed by atoms with Gasteiger partial charge < -0.3 is 0 Å². The third-order valence-electron chi connectivity index (χ3n) is 9.71. The second kappa shape index (κ2) is 10.1.